The van der Waals surface area contributed by atoms with Crippen LogP contribution in [0, 0.1) is 0 Å². The standard InChI is InChI=1S/C16H30O4.C14H26O5.C14H26O4.C13H24O4.C12H22O5.C12H22O4.C11H20O4.C8H16O2/c1-15(17)11-7-8-12-16(18)20-14-10-6-4-3-5-9-13-19-2;1-11(15)7-5-6-8-14(16)19-13(3)10-18-9-12(2)17-4;1-13(15)9-5-6-10-14(16)18-12-8-4-3-7-11-17-2;1-12(14)8-4-5-9-13(15)17-11-7-3-6-10-16-2;1-11(13)5-3-4-6-12(14)17-10-9-16-8-7-15-2;1-11(13)7-3-4-8-12(14)16-10-6-5-9-15-2;1-10(12)6-3-4-7-11(13)15-9-5-8-14-2;1-3-4-5-6-7-8(9)10-2/h3-14H2,1-2H3;12-13H,5-10H2,1-4H3;3-12H2,1-2H3;3-11H2,1-2H3;3-10H2,1-2H3;3-10H2,1-2H3;3-9H2,1-2H3;3-7H2,1-2H3. The van der Waals surface area contributed by atoms with E-state index in [0.29, 0.717) is 188 Å². The van der Waals surface area contributed by atoms with Crippen molar-refractivity contribution in [3.05, 3.63) is 0 Å². The molecule has 0 heterocycles. The van der Waals surface area contributed by atoms with Crippen molar-refractivity contribution in [3.8, 4) is 0 Å². The third-order valence-corrected chi connectivity index (χ3v) is 18.5. The van der Waals surface area contributed by atoms with E-state index in [9.17, 15) is 71.9 Å². The summed E-state index contributed by atoms with van der Waals surface area (Å²) < 4.78 is 84.8. The molecule has 0 aliphatic heterocycles. The summed E-state index contributed by atoms with van der Waals surface area (Å²) in [5.41, 5.74) is 0. The largest absolute Gasteiger partial charge is 0.469 e. The molecule has 2 unspecified atom stereocenters. The van der Waals surface area contributed by atoms with Crippen molar-refractivity contribution in [2.75, 3.05) is 163 Å². The molecule has 0 aliphatic carbocycles. The number of carbonyl (C=O) groups excluding carboxylic acids is 15. The van der Waals surface area contributed by atoms with Crippen molar-refractivity contribution in [2.45, 2.75) is 396 Å². The lowest BCUT2D eigenvalue weighted by atomic mass is 10.1. The van der Waals surface area contributed by atoms with Crippen LogP contribution in [0.3, 0.4) is 0 Å². The maximum Gasteiger partial charge on any atom is 0.306 e. The Morgan fingerprint density at radius 2 is 0.394 bits per heavy atom. The Morgan fingerprint density at radius 3 is 0.674 bits per heavy atom. The van der Waals surface area contributed by atoms with E-state index in [1.54, 1.807) is 105 Å². The fourth-order valence-electron chi connectivity index (χ4n) is 10.7. The molecule has 0 fully saturated rings. The highest BCUT2D eigenvalue weighted by molar-refractivity contribution is 5.78. The molecule has 32 nitrogen and oxygen atoms in total. The molecule has 0 N–H and O–H groups in total. The molecule has 0 radical (unpaired) electrons. The van der Waals surface area contributed by atoms with E-state index in [-0.39, 0.29) is 107 Å². The number of hydrogen-bond donors (Lipinski definition) is 0. The first-order valence-electron chi connectivity index (χ1n) is 48.5. The first-order chi connectivity index (χ1) is 63.2. The number of methoxy groups -OCH3 is 8. The molecule has 0 aromatic rings. The van der Waals surface area contributed by atoms with E-state index in [0.717, 1.165) is 193 Å². The molecule has 778 valence electrons. The molecule has 132 heavy (non-hydrogen) atoms. The predicted octanol–water partition coefficient (Wildman–Crippen LogP) is 18.5. The summed E-state index contributed by atoms with van der Waals surface area (Å²) in [5, 5.41) is 0. The Hall–Kier alpha value is -6.91. The average Bonchev–Trinajstić information content (AvgIpc) is 0.988. The molecular formula is C100H186O32. The van der Waals surface area contributed by atoms with Gasteiger partial charge in [-0.1, -0.05) is 58.3 Å². The van der Waals surface area contributed by atoms with E-state index < -0.39 is 0 Å². The van der Waals surface area contributed by atoms with Gasteiger partial charge >= 0.3 is 47.8 Å². The zero-order valence-electron chi connectivity index (χ0n) is 85.7. The zero-order valence-corrected chi connectivity index (χ0v) is 85.7. The third kappa shape index (κ3) is 149. The molecule has 0 saturated carbocycles. The van der Waals surface area contributed by atoms with Gasteiger partial charge in [0.1, 0.15) is 53.2 Å². The Morgan fingerprint density at radius 1 is 0.189 bits per heavy atom. The van der Waals surface area contributed by atoms with Gasteiger partial charge < -0.3 is 114 Å². The van der Waals surface area contributed by atoms with Crippen LogP contribution < -0.4 is 0 Å². The maximum atomic E-state index is 11.5. The summed E-state index contributed by atoms with van der Waals surface area (Å²) in [6.07, 6.45) is 38.4. The molecule has 0 aromatic carbocycles. The van der Waals surface area contributed by atoms with Crippen LogP contribution in [0.4, 0.5) is 0 Å². The van der Waals surface area contributed by atoms with Crippen molar-refractivity contribution >= 4 is 88.2 Å². The van der Waals surface area contributed by atoms with E-state index in [4.69, 9.17) is 75.8 Å². The van der Waals surface area contributed by atoms with Gasteiger partial charge in [0.15, 0.2) is 0 Å². The highest BCUT2D eigenvalue weighted by Gasteiger charge is 2.13. The molecule has 0 amide bonds. The van der Waals surface area contributed by atoms with Crippen LogP contribution in [0.1, 0.15) is 384 Å². The van der Waals surface area contributed by atoms with Gasteiger partial charge in [-0.05, 0) is 223 Å². The molecule has 0 saturated heterocycles. The maximum absolute atomic E-state index is 11.5. The molecule has 0 spiro atoms. The van der Waals surface area contributed by atoms with Crippen LogP contribution in [-0.2, 0) is 152 Å². The molecule has 0 aliphatic rings. The summed E-state index contributed by atoms with van der Waals surface area (Å²) in [5.74, 6) is -0.136. The van der Waals surface area contributed by atoms with Gasteiger partial charge in [0.05, 0.1) is 79.3 Å². The summed E-state index contributed by atoms with van der Waals surface area (Å²) in [6.45, 7) is 25.5. The van der Waals surface area contributed by atoms with Crippen LogP contribution in [0.25, 0.3) is 0 Å². The number of carbonyl (C=O) groups is 15. The van der Waals surface area contributed by atoms with Crippen LogP contribution in [-0.4, -0.2) is 263 Å². The highest BCUT2D eigenvalue weighted by atomic mass is 16.6. The highest BCUT2D eigenvalue weighted by Crippen LogP contribution is 2.13. The van der Waals surface area contributed by atoms with Gasteiger partial charge in [-0.3, -0.25) is 38.4 Å². The van der Waals surface area contributed by atoms with Crippen LogP contribution >= 0.6 is 0 Å². The Labute approximate surface area is 795 Å². The number of ketones is 7. The van der Waals surface area contributed by atoms with Gasteiger partial charge in [0.2, 0.25) is 0 Å². The summed E-state index contributed by atoms with van der Waals surface area (Å²) >= 11 is 0. The fourth-order valence-corrected chi connectivity index (χ4v) is 10.7. The van der Waals surface area contributed by atoms with Gasteiger partial charge in [-0.2, -0.15) is 0 Å². The Balaban J connectivity index is -0.000000223. The first-order valence-corrected chi connectivity index (χ1v) is 48.5. The number of hydrogen-bond acceptors (Lipinski definition) is 32. The van der Waals surface area contributed by atoms with Crippen LogP contribution in [0.15, 0.2) is 0 Å². The van der Waals surface area contributed by atoms with Gasteiger partial charge in [0.25, 0.3) is 0 Å². The monoisotopic (exact) mass is 1900 g/mol. The number of ether oxygens (including phenoxy) is 17. The average molecular weight is 1900 g/mol. The fraction of sp³-hybridized carbons (Fsp3) is 0.850. The normalized spacial score (nSPS) is 10.7. The quantitative estimate of drug-likeness (QED) is 0.0310. The SMILES string of the molecule is CCCCCCC(=O)OC.COC(C)COCC(C)OC(=O)CCCCC(C)=O.COCCCCCCCCOC(=O)CCCCC(C)=O.COCCCCCCOC(=O)CCCCC(C)=O.COCCCCCOC(=O)CCCCC(C)=O.COCCCCOC(=O)CCCCC(C)=O.COCCCOC(=O)CCCCC(C)=O.COCCOCCOC(=O)CCCCC(C)=O. The zero-order chi connectivity index (χ0) is 101. The van der Waals surface area contributed by atoms with Crippen molar-refractivity contribution in [1.82, 2.24) is 0 Å². The molecular weight excluding hydrogens is 1710 g/mol. The van der Waals surface area contributed by atoms with E-state index >= 15 is 0 Å². The smallest absolute Gasteiger partial charge is 0.306 e. The van der Waals surface area contributed by atoms with Crippen LogP contribution in [0.5, 0.6) is 0 Å². The second-order valence-electron chi connectivity index (χ2n) is 32.2. The predicted molar refractivity (Wildman–Crippen MR) is 509 cm³/mol. The van der Waals surface area contributed by atoms with Crippen molar-refractivity contribution in [2.24, 2.45) is 0 Å². The molecule has 0 bridgehead atoms. The minimum absolute atomic E-state index is 0.0366. The van der Waals surface area contributed by atoms with Crippen molar-refractivity contribution < 1.29 is 152 Å². The topological polar surface area (TPSA) is 413 Å². The van der Waals surface area contributed by atoms with Crippen molar-refractivity contribution in [1.29, 1.82) is 0 Å². The lowest BCUT2D eigenvalue weighted by molar-refractivity contribution is -0.152. The lowest BCUT2D eigenvalue weighted by Gasteiger charge is -2.15. The number of Topliss-reactive ketones (excluding diaryl/α,β-unsaturated/α-hetero) is 7. The summed E-state index contributed by atoms with van der Waals surface area (Å²) in [7, 11) is 13.0. The number of esters is 8. The Bertz CT molecular complexity index is 2660. The third-order valence-electron chi connectivity index (χ3n) is 18.5. The number of unbranched alkanes of at least 4 members (excludes halogenated alkanes) is 21. The van der Waals surface area contributed by atoms with Crippen molar-refractivity contribution in [3.63, 3.8) is 0 Å². The lowest BCUT2D eigenvalue weighted by Crippen LogP contribution is -2.23. The summed E-state index contributed by atoms with van der Waals surface area (Å²) in [4.78, 5) is 164. The Kier molecular flexibility index (Phi) is 126. The molecule has 2 atom stereocenters. The number of rotatable bonds is 83. The van der Waals surface area contributed by atoms with Gasteiger partial charge in [-0.15, -0.1) is 0 Å². The second-order valence-corrected chi connectivity index (χ2v) is 32.2. The molecule has 0 rings (SSSR count). The van der Waals surface area contributed by atoms with Gasteiger partial charge in [-0.25, -0.2) is 0 Å². The minimum atomic E-state index is -0.260. The van der Waals surface area contributed by atoms with Crippen LogP contribution in [0.2, 0.25) is 0 Å². The van der Waals surface area contributed by atoms with E-state index in [1.165, 1.54) is 39.2 Å². The summed E-state index contributed by atoms with van der Waals surface area (Å²) in [6, 6.07) is 0. The van der Waals surface area contributed by atoms with E-state index in [2.05, 4.69) is 11.7 Å². The minimum Gasteiger partial charge on any atom is -0.469 e. The second kappa shape index (κ2) is 118. The molecule has 32 heteroatoms. The molecule has 0 aromatic heterocycles. The van der Waals surface area contributed by atoms with Gasteiger partial charge in [0, 0.05) is 186 Å². The first kappa shape index (κ1) is 140. The van der Waals surface area contributed by atoms with E-state index in [1.807, 2.05) is 6.92 Å².